The molecular formula is C14H17N3O3. The minimum absolute atomic E-state index is 0.247. The maximum atomic E-state index is 10.1. The number of hydrogen-bond acceptors (Lipinski definition) is 5. The highest BCUT2D eigenvalue weighted by molar-refractivity contribution is 5.45. The van der Waals surface area contributed by atoms with Crippen LogP contribution in [0.2, 0.25) is 0 Å². The molecule has 1 atom stereocenters. The molecule has 2 heterocycles. The molecule has 0 amide bonds. The molecule has 0 saturated carbocycles. The molecule has 1 aliphatic rings. The molecule has 1 unspecified atom stereocenters. The van der Waals surface area contributed by atoms with Gasteiger partial charge in [-0.3, -0.25) is 4.68 Å². The zero-order chi connectivity index (χ0) is 13.8. The smallest absolute Gasteiger partial charge is 0.231 e. The first-order valence-electron chi connectivity index (χ1n) is 6.59. The lowest BCUT2D eigenvalue weighted by atomic mass is 10.1. The number of aromatic nitrogens is 2. The van der Waals surface area contributed by atoms with Gasteiger partial charge in [0.2, 0.25) is 6.79 Å². The van der Waals surface area contributed by atoms with Crippen LogP contribution < -0.4 is 14.8 Å². The summed E-state index contributed by atoms with van der Waals surface area (Å²) in [5.74, 6) is 1.42. The molecule has 0 saturated heterocycles. The van der Waals surface area contributed by atoms with Gasteiger partial charge in [0.15, 0.2) is 11.5 Å². The summed E-state index contributed by atoms with van der Waals surface area (Å²) >= 11 is 0. The number of hydrogen-bond donors (Lipinski definition) is 2. The number of aliphatic hydroxyl groups excluding tert-OH is 1. The molecule has 1 aromatic heterocycles. The zero-order valence-corrected chi connectivity index (χ0v) is 11.0. The lowest BCUT2D eigenvalue weighted by molar-refractivity contribution is 0.170. The molecule has 0 aliphatic carbocycles. The topological polar surface area (TPSA) is 68.5 Å². The van der Waals surface area contributed by atoms with Crippen LogP contribution >= 0.6 is 0 Å². The van der Waals surface area contributed by atoms with Crippen molar-refractivity contribution in [3.05, 3.63) is 42.2 Å². The van der Waals surface area contributed by atoms with Gasteiger partial charge in [0.25, 0.3) is 0 Å². The third-order valence-electron chi connectivity index (χ3n) is 3.20. The molecule has 1 aliphatic heterocycles. The van der Waals surface area contributed by atoms with E-state index in [0.717, 1.165) is 24.4 Å². The average molecular weight is 275 g/mol. The van der Waals surface area contributed by atoms with E-state index in [0.29, 0.717) is 12.3 Å². The highest BCUT2D eigenvalue weighted by Gasteiger charge is 2.16. The van der Waals surface area contributed by atoms with Gasteiger partial charge in [0.05, 0.1) is 12.6 Å². The molecule has 1 aromatic carbocycles. The number of fused-ring (bicyclic) bond motifs is 1. The average Bonchev–Trinajstić information content (AvgIpc) is 3.13. The minimum Gasteiger partial charge on any atom is -0.454 e. The quantitative estimate of drug-likeness (QED) is 0.768. The van der Waals surface area contributed by atoms with Gasteiger partial charge in [-0.1, -0.05) is 6.07 Å². The zero-order valence-electron chi connectivity index (χ0n) is 11.0. The first kappa shape index (κ1) is 13.0. The molecule has 0 radical (unpaired) electrons. The predicted octanol–water partition coefficient (Wildman–Crippen LogP) is 0.935. The number of nitrogens with one attached hydrogen (secondary N) is 1. The predicted molar refractivity (Wildman–Crippen MR) is 72.6 cm³/mol. The summed E-state index contributed by atoms with van der Waals surface area (Å²) in [5, 5.41) is 17.4. The maximum absolute atomic E-state index is 10.1. The molecule has 0 spiro atoms. The number of benzene rings is 1. The first-order chi connectivity index (χ1) is 9.83. The van der Waals surface area contributed by atoms with E-state index >= 15 is 0 Å². The van der Waals surface area contributed by atoms with E-state index in [2.05, 4.69) is 10.4 Å². The summed E-state index contributed by atoms with van der Waals surface area (Å²) in [6, 6.07) is 7.39. The third kappa shape index (κ3) is 2.92. The Kier molecular flexibility index (Phi) is 3.85. The van der Waals surface area contributed by atoms with Crippen LogP contribution in [0, 0.1) is 0 Å². The Balaban J connectivity index is 1.48. The number of nitrogens with zero attached hydrogens (tertiary/aromatic N) is 2. The second-order valence-electron chi connectivity index (χ2n) is 4.60. The number of aliphatic hydroxyl groups is 1. The van der Waals surface area contributed by atoms with Crippen LogP contribution in [-0.2, 0) is 6.54 Å². The molecule has 0 fully saturated rings. The fourth-order valence-corrected chi connectivity index (χ4v) is 2.10. The Hall–Kier alpha value is -2.05. The Labute approximate surface area is 116 Å². The summed E-state index contributed by atoms with van der Waals surface area (Å²) in [6.45, 7) is 2.27. The van der Waals surface area contributed by atoms with Crippen molar-refractivity contribution in [2.45, 2.75) is 12.6 Å². The fourth-order valence-electron chi connectivity index (χ4n) is 2.10. The van der Waals surface area contributed by atoms with Crippen LogP contribution in [0.5, 0.6) is 11.5 Å². The van der Waals surface area contributed by atoms with E-state index in [9.17, 15) is 5.11 Å². The standard InChI is InChI=1S/C14H17N3O3/c18-12(9-15-5-7-17-6-1-4-16-17)11-2-3-13-14(8-11)20-10-19-13/h1-4,6,8,12,15,18H,5,7,9-10H2. The van der Waals surface area contributed by atoms with Crippen molar-refractivity contribution in [1.82, 2.24) is 15.1 Å². The molecule has 6 nitrogen and oxygen atoms in total. The molecule has 106 valence electrons. The second-order valence-corrected chi connectivity index (χ2v) is 4.60. The van der Waals surface area contributed by atoms with Crippen molar-refractivity contribution in [3.63, 3.8) is 0 Å². The van der Waals surface area contributed by atoms with Gasteiger partial charge in [-0.2, -0.15) is 5.10 Å². The highest BCUT2D eigenvalue weighted by atomic mass is 16.7. The van der Waals surface area contributed by atoms with Crippen molar-refractivity contribution in [1.29, 1.82) is 0 Å². The molecule has 20 heavy (non-hydrogen) atoms. The lowest BCUT2D eigenvalue weighted by Gasteiger charge is -2.12. The van der Waals surface area contributed by atoms with Gasteiger partial charge in [0.1, 0.15) is 0 Å². The van der Waals surface area contributed by atoms with E-state index in [1.807, 2.05) is 35.1 Å². The minimum atomic E-state index is -0.567. The van der Waals surface area contributed by atoms with E-state index in [4.69, 9.17) is 9.47 Å². The van der Waals surface area contributed by atoms with Crippen molar-refractivity contribution < 1.29 is 14.6 Å². The van der Waals surface area contributed by atoms with Gasteiger partial charge in [-0.15, -0.1) is 0 Å². The Morgan fingerprint density at radius 1 is 1.35 bits per heavy atom. The lowest BCUT2D eigenvalue weighted by Crippen LogP contribution is -2.25. The van der Waals surface area contributed by atoms with Gasteiger partial charge < -0.3 is 19.9 Å². The van der Waals surface area contributed by atoms with Crippen LogP contribution in [0.15, 0.2) is 36.7 Å². The Morgan fingerprint density at radius 3 is 3.10 bits per heavy atom. The Morgan fingerprint density at radius 2 is 2.25 bits per heavy atom. The SMILES string of the molecule is OC(CNCCn1cccn1)c1ccc2c(c1)OCO2. The van der Waals surface area contributed by atoms with Crippen LogP contribution in [0.3, 0.4) is 0 Å². The van der Waals surface area contributed by atoms with Crippen molar-refractivity contribution in [2.75, 3.05) is 19.9 Å². The maximum Gasteiger partial charge on any atom is 0.231 e. The van der Waals surface area contributed by atoms with Crippen molar-refractivity contribution >= 4 is 0 Å². The monoisotopic (exact) mass is 275 g/mol. The summed E-state index contributed by atoms with van der Waals surface area (Å²) in [5.41, 5.74) is 0.820. The van der Waals surface area contributed by atoms with Crippen LogP contribution in [0.25, 0.3) is 0 Å². The molecule has 0 bridgehead atoms. The molecule has 3 rings (SSSR count). The van der Waals surface area contributed by atoms with Crippen LogP contribution in [0.1, 0.15) is 11.7 Å². The largest absolute Gasteiger partial charge is 0.454 e. The highest BCUT2D eigenvalue weighted by Crippen LogP contribution is 2.33. The van der Waals surface area contributed by atoms with Crippen molar-refractivity contribution in [2.24, 2.45) is 0 Å². The van der Waals surface area contributed by atoms with Gasteiger partial charge in [-0.25, -0.2) is 0 Å². The summed E-state index contributed by atoms with van der Waals surface area (Å²) < 4.78 is 12.4. The normalized spacial score (nSPS) is 14.4. The molecule has 2 N–H and O–H groups in total. The molecule has 2 aromatic rings. The number of ether oxygens (including phenoxy) is 2. The van der Waals surface area contributed by atoms with Crippen LogP contribution in [-0.4, -0.2) is 34.8 Å². The second kappa shape index (κ2) is 5.94. The van der Waals surface area contributed by atoms with Gasteiger partial charge >= 0.3 is 0 Å². The Bertz CT molecular complexity index is 557. The molecular weight excluding hydrogens is 258 g/mol. The van der Waals surface area contributed by atoms with Crippen LogP contribution in [0.4, 0.5) is 0 Å². The summed E-state index contributed by atoms with van der Waals surface area (Å²) in [6.07, 6.45) is 3.10. The summed E-state index contributed by atoms with van der Waals surface area (Å²) in [7, 11) is 0. The number of rotatable bonds is 6. The van der Waals surface area contributed by atoms with E-state index in [-0.39, 0.29) is 6.79 Å². The first-order valence-corrected chi connectivity index (χ1v) is 6.59. The third-order valence-corrected chi connectivity index (χ3v) is 3.20. The summed E-state index contributed by atoms with van der Waals surface area (Å²) in [4.78, 5) is 0. The fraction of sp³-hybridized carbons (Fsp3) is 0.357. The molecule has 6 heteroatoms. The van der Waals surface area contributed by atoms with E-state index < -0.39 is 6.10 Å². The van der Waals surface area contributed by atoms with E-state index in [1.165, 1.54) is 0 Å². The van der Waals surface area contributed by atoms with Gasteiger partial charge in [-0.05, 0) is 23.8 Å². The van der Waals surface area contributed by atoms with Crippen molar-refractivity contribution in [3.8, 4) is 11.5 Å². The van der Waals surface area contributed by atoms with E-state index in [1.54, 1.807) is 6.20 Å². The van der Waals surface area contributed by atoms with Gasteiger partial charge in [0, 0.05) is 25.5 Å².